The van der Waals surface area contributed by atoms with Crippen LogP contribution in [0.5, 0.6) is 0 Å². The molecule has 19 heavy (non-hydrogen) atoms. The molecule has 1 saturated heterocycles. The number of aliphatic hydroxyl groups is 1. The van der Waals surface area contributed by atoms with Gasteiger partial charge in [-0.2, -0.15) is 0 Å². The van der Waals surface area contributed by atoms with Crippen LogP contribution in [-0.2, 0) is 0 Å². The van der Waals surface area contributed by atoms with Crippen molar-refractivity contribution >= 4 is 5.69 Å². The van der Waals surface area contributed by atoms with Gasteiger partial charge in [-0.3, -0.25) is 0 Å². The highest BCUT2D eigenvalue weighted by molar-refractivity contribution is 5.57. The summed E-state index contributed by atoms with van der Waals surface area (Å²) in [6.07, 6.45) is 1.62. The maximum atomic E-state index is 13.7. The second-order valence-electron chi connectivity index (χ2n) is 6.49. The second kappa shape index (κ2) is 5.12. The molecule has 1 aromatic carbocycles. The summed E-state index contributed by atoms with van der Waals surface area (Å²) in [7, 11) is 0. The van der Waals surface area contributed by atoms with Crippen molar-refractivity contribution in [2.24, 2.45) is 5.41 Å². The maximum Gasteiger partial charge on any atom is 0.126 e. The fraction of sp³-hybridized carbons (Fsp3) is 0.625. The number of aliphatic hydroxyl groups excluding tert-OH is 1. The number of piperidine rings is 1. The topological polar surface area (TPSA) is 23.5 Å². The van der Waals surface area contributed by atoms with Gasteiger partial charge in [0.15, 0.2) is 0 Å². The smallest absolute Gasteiger partial charge is 0.126 e. The van der Waals surface area contributed by atoms with Crippen molar-refractivity contribution in [1.82, 2.24) is 0 Å². The molecular weight excluding hydrogens is 241 g/mol. The van der Waals surface area contributed by atoms with Crippen molar-refractivity contribution in [3.8, 4) is 0 Å². The molecule has 0 saturated carbocycles. The van der Waals surface area contributed by atoms with Crippen LogP contribution in [0.15, 0.2) is 12.1 Å². The summed E-state index contributed by atoms with van der Waals surface area (Å²) in [6, 6.07) is 3.35. The Balaban J connectivity index is 2.31. The van der Waals surface area contributed by atoms with E-state index in [0.29, 0.717) is 16.5 Å². The van der Waals surface area contributed by atoms with Crippen LogP contribution in [0.4, 0.5) is 10.1 Å². The third-order valence-corrected chi connectivity index (χ3v) is 4.22. The molecule has 1 N–H and O–H groups in total. The van der Waals surface area contributed by atoms with E-state index in [2.05, 4.69) is 18.7 Å². The standard InChI is InChI=1S/C16H24FNO/c1-11-9-15(13(12(2)19)10-14(11)17)18-7-5-16(3,4)6-8-18/h9-10,12,19H,5-8H2,1-4H3/t12-/m1/s1. The zero-order chi connectivity index (χ0) is 14.2. The Morgan fingerprint density at radius 3 is 2.37 bits per heavy atom. The molecule has 0 radical (unpaired) electrons. The Labute approximate surface area is 115 Å². The lowest BCUT2D eigenvalue weighted by molar-refractivity contribution is 0.198. The molecule has 3 heteroatoms. The van der Waals surface area contributed by atoms with Gasteiger partial charge in [0.1, 0.15) is 5.82 Å². The highest BCUT2D eigenvalue weighted by Gasteiger charge is 2.27. The number of nitrogens with zero attached hydrogens (tertiary/aromatic N) is 1. The normalized spacial score (nSPS) is 20.4. The lowest BCUT2D eigenvalue weighted by Crippen LogP contribution is -2.38. The van der Waals surface area contributed by atoms with E-state index in [1.54, 1.807) is 13.8 Å². The lowest BCUT2D eigenvalue weighted by atomic mass is 9.82. The fourth-order valence-electron chi connectivity index (χ4n) is 2.64. The number of hydrogen-bond acceptors (Lipinski definition) is 2. The summed E-state index contributed by atoms with van der Waals surface area (Å²) < 4.78 is 13.7. The summed E-state index contributed by atoms with van der Waals surface area (Å²) in [5.41, 5.74) is 2.72. The van der Waals surface area contributed by atoms with Crippen molar-refractivity contribution < 1.29 is 9.50 Å². The predicted octanol–water partition coefficient (Wildman–Crippen LogP) is 3.81. The number of rotatable bonds is 2. The first-order chi connectivity index (χ1) is 8.80. The molecule has 0 bridgehead atoms. The average molecular weight is 265 g/mol. The van der Waals surface area contributed by atoms with E-state index in [-0.39, 0.29) is 5.82 Å². The van der Waals surface area contributed by atoms with E-state index in [4.69, 9.17) is 0 Å². The first-order valence-electron chi connectivity index (χ1n) is 7.03. The number of halogens is 1. The van der Waals surface area contributed by atoms with E-state index in [1.165, 1.54) is 6.07 Å². The third-order valence-electron chi connectivity index (χ3n) is 4.22. The van der Waals surface area contributed by atoms with Crippen LogP contribution >= 0.6 is 0 Å². The molecule has 2 nitrogen and oxygen atoms in total. The van der Waals surface area contributed by atoms with E-state index >= 15 is 0 Å². The van der Waals surface area contributed by atoms with Gasteiger partial charge in [0, 0.05) is 24.3 Å². The number of benzene rings is 1. The SMILES string of the molecule is Cc1cc(N2CCC(C)(C)CC2)c([C@@H](C)O)cc1F. The molecule has 1 atom stereocenters. The Kier molecular flexibility index (Phi) is 3.86. The summed E-state index contributed by atoms with van der Waals surface area (Å²) in [5, 5.41) is 9.86. The number of anilines is 1. The van der Waals surface area contributed by atoms with Gasteiger partial charge in [0.2, 0.25) is 0 Å². The van der Waals surface area contributed by atoms with Gasteiger partial charge in [-0.05, 0) is 49.8 Å². The van der Waals surface area contributed by atoms with Crippen LogP contribution in [0.25, 0.3) is 0 Å². The Morgan fingerprint density at radius 1 is 1.26 bits per heavy atom. The minimum absolute atomic E-state index is 0.239. The molecule has 1 aromatic rings. The van der Waals surface area contributed by atoms with E-state index in [0.717, 1.165) is 31.6 Å². The molecule has 0 aromatic heterocycles. The van der Waals surface area contributed by atoms with Crippen molar-refractivity contribution in [1.29, 1.82) is 0 Å². The largest absolute Gasteiger partial charge is 0.389 e. The van der Waals surface area contributed by atoms with Gasteiger partial charge in [-0.1, -0.05) is 13.8 Å². The minimum Gasteiger partial charge on any atom is -0.389 e. The highest BCUT2D eigenvalue weighted by atomic mass is 19.1. The monoisotopic (exact) mass is 265 g/mol. The third kappa shape index (κ3) is 3.08. The van der Waals surface area contributed by atoms with Crippen LogP contribution in [0, 0.1) is 18.2 Å². The Morgan fingerprint density at radius 2 is 1.84 bits per heavy atom. The summed E-state index contributed by atoms with van der Waals surface area (Å²) >= 11 is 0. The fourth-order valence-corrected chi connectivity index (χ4v) is 2.64. The first kappa shape index (κ1) is 14.3. The quantitative estimate of drug-likeness (QED) is 0.879. The van der Waals surface area contributed by atoms with Crippen LogP contribution in [0.2, 0.25) is 0 Å². The summed E-state index contributed by atoms with van der Waals surface area (Å²) in [6.45, 7) is 9.99. The summed E-state index contributed by atoms with van der Waals surface area (Å²) in [4.78, 5) is 2.28. The van der Waals surface area contributed by atoms with Gasteiger partial charge in [-0.15, -0.1) is 0 Å². The van der Waals surface area contributed by atoms with Crippen molar-refractivity contribution in [2.75, 3.05) is 18.0 Å². The minimum atomic E-state index is -0.639. The molecule has 106 valence electrons. The zero-order valence-corrected chi connectivity index (χ0v) is 12.3. The van der Waals surface area contributed by atoms with E-state index < -0.39 is 6.10 Å². The van der Waals surface area contributed by atoms with Crippen LogP contribution < -0.4 is 4.90 Å². The molecule has 0 spiro atoms. The number of aryl methyl sites for hydroxylation is 1. The van der Waals surface area contributed by atoms with Gasteiger partial charge < -0.3 is 10.0 Å². The van der Waals surface area contributed by atoms with E-state index in [1.807, 2.05) is 6.07 Å². The Hall–Kier alpha value is -1.09. The molecule has 1 aliphatic heterocycles. The van der Waals surface area contributed by atoms with Crippen LogP contribution in [0.1, 0.15) is 50.8 Å². The Bertz CT molecular complexity index is 458. The molecule has 0 unspecified atom stereocenters. The van der Waals surface area contributed by atoms with Crippen molar-refractivity contribution in [3.05, 3.63) is 29.1 Å². The van der Waals surface area contributed by atoms with E-state index in [9.17, 15) is 9.50 Å². The summed E-state index contributed by atoms with van der Waals surface area (Å²) in [5.74, 6) is -0.239. The average Bonchev–Trinajstić information content (AvgIpc) is 2.32. The van der Waals surface area contributed by atoms with Crippen LogP contribution in [-0.4, -0.2) is 18.2 Å². The van der Waals surface area contributed by atoms with Crippen molar-refractivity contribution in [2.45, 2.75) is 46.6 Å². The molecule has 0 amide bonds. The van der Waals surface area contributed by atoms with Gasteiger partial charge in [0.25, 0.3) is 0 Å². The van der Waals surface area contributed by atoms with Gasteiger partial charge >= 0.3 is 0 Å². The number of hydrogen-bond donors (Lipinski definition) is 1. The van der Waals surface area contributed by atoms with Gasteiger partial charge in [0.05, 0.1) is 6.10 Å². The molecule has 0 aliphatic carbocycles. The first-order valence-corrected chi connectivity index (χ1v) is 7.03. The molecule has 2 rings (SSSR count). The molecular formula is C16H24FNO. The van der Waals surface area contributed by atoms with Gasteiger partial charge in [-0.25, -0.2) is 4.39 Å². The lowest BCUT2D eigenvalue weighted by Gasteiger charge is -2.39. The molecule has 1 heterocycles. The zero-order valence-electron chi connectivity index (χ0n) is 12.3. The molecule has 1 fully saturated rings. The van der Waals surface area contributed by atoms with Crippen molar-refractivity contribution in [3.63, 3.8) is 0 Å². The highest BCUT2D eigenvalue weighted by Crippen LogP contribution is 2.36. The molecule has 1 aliphatic rings. The predicted molar refractivity (Wildman–Crippen MR) is 77.0 cm³/mol. The van der Waals surface area contributed by atoms with Crippen LogP contribution in [0.3, 0.4) is 0 Å². The maximum absolute atomic E-state index is 13.7. The second-order valence-corrected chi connectivity index (χ2v) is 6.49.